The minimum absolute atomic E-state index is 0.0459. The Morgan fingerprint density at radius 2 is 1.86 bits per heavy atom. The molecular weight excluding hydrogens is 260 g/mol. The molecule has 0 saturated heterocycles. The van der Waals surface area contributed by atoms with E-state index in [1.54, 1.807) is 0 Å². The molecule has 0 saturated carbocycles. The van der Waals surface area contributed by atoms with Gasteiger partial charge in [0.2, 0.25) is 0 Å². The van der Waals surface area contributed by atoms with E-state index in [1.807, 2.05) is 63.4 Å². The van der Waals surface area contributed by atoms with Crippen LogP contribution in [0.3, 0.4) is 0 Å². The summed E-state index contributed by atoms with van der Waals surface area (Å²) in [7, 11) is 1.92. The van der Waals surface area contributed by atoms with Crippen LogP contribution in [0.2, 0.25) is 0 Å². The first-order valence-electron chi connectivity index (χ1n) is 7.23. The number of nitrogens with one attached hydrogen (secondary N) is 2. The number of aryl methyl sites for hydroxylation is 2. The van der Waals surface area contributed by atoms with Crippen molar-refractivity contribution in [3.63, 3.8) is 0 Å². The summed E-state index contributed by atoms with van der Waals surface area (Å²) in [6, 6.07) is 13.8. The fourth-order valence-electron chi connectivity index (χ4n) is 2.28. The first-order chi connectivity index (χ1) is 10.1. The van der Waals surface area contributed by atoms with E-state index in [0.717, 1.165) is 40.9 Å². The Bertz CT molecular complexity index is 635. The van der Waals surface area contributed by atoms with Crippen molar-refractivity contribution in [3.05, 3.63) is 64.7 Å². The molecule has 0 aliphatic heterocycles. The monoisotopic (exact) mass is 282 g/mol. The number of benzene rings is 2. The summed E-state index contributed by atoms with van der Waals surface area (Å²) in [5, 5.41) is 6.14. The topological polar surface area (TPSA) is 41.1 Å². The number of amides is 1. The number of rotatable bonds is 5. The number of anilines is 1. The second-order valence-electron chi connectivity index (χ2n) is 5.28. The maximum absolute atomic E-state index is 12.5. The van der Waals surface area contributed by atoms with Crippen LogP contribution in [0, 0.1) is 13.8 Å². The molecule has 0 aliphatic rings. The molecular formula is C18H22N2O. The number of carbonyl (C=O) groups excluding carboxylic acids is 1. The van der Waals surface area contributed by atoms with Crippen LogP contribution >= 0.6 is 0 Å². The van der Waals surface area contributed by atoms with Gasteiger partial charge >= 0.3 is 0 Å². The first kappa shape index (κ1) is 15.3. The highest BCUT2D eigenvalue weighted by molar-refractivity contribution is 6.05. The van der Waals surface area contributed by atoms with Crippen LogP contribution in [0.5, 0.6) is 0 Å². The predicted octanol–water partition coefficient (Wildman–Crippen LogP) is 3.32. The lowest BCUT2D eigenvalue weighted by atomic mass is 10.0. The van der Waals surface area contributed by atoms with Gasteiger partial charge in [-0.25, -0.2) is 0 Å². The molecule has 0 heterocycles. The highest BCUT2D eigenvalue weighted by Gasteiger charge is 2.11. The number of hydrogen-bond acceptors (Lipinski definition) is 2. The lowest BCUT2D eigenvalue weighted by Crippen LogP contribution is -2.17. The fraction of sp³-hybridized carbons (Fsp3) is 0.278. The molecule has 2 rings (SSSR count). The van der Waals surface area contributed by atoms with E-state index in [1.165, 1.54) is 0 Å². The molecule has 2 N–H and O–H groups in total. The van der Waals surface area contributed by atoms with Gasteiger partial charge in [0.1, 0.15) is 0 Å². The summed E-state index contributed by atoms with van der Waals surface area (Å²) in [5.41, 5.74) is 4.90. The lowest BCUT2D eigenvalue weighted by Gasteiger charge is -2.12. The van der Waals surface area contributed by atoms with Crippen LogP contribution in [-0.2, 0) is 6.42 Å². The summed E-state index contributed by atoms with van der Waals surface area (Å²) < 4.78 is 0. The Labute approximate surface area is 126 Å². The van der Waals surface area contributed by atoms with Crippen molar-refractivity contribution in [2.45, 2.75) is 20.3 Å². The summed E-state index contributed by atoms with van der Waals surface area (Å²) in [4.78, 5) is 12.5. The third-order valence-electron chi connectivity index (χ3n) is 3.55. The molecule has 2 aromatic rings. The van der Waals surface area contributed by atoms with Crippen molar-refractivity contribution < 1.29 is 4.79 Å². The summed E-state index contributed by atoms with van der Waals surface area (Å²) in [5.74, 6) is -0.0459. The Kier molecular flexibility index (Phi) is 5.12. The molecule has 21 heavy (non-hydrogen) atoms. The van der Waals surface area contributed by atoms with Gasteiger partial charge in [0.25, 0.3) is 5.91 Å². The van der Waals surface area contributed by atoms with Gasteiger partial charge in [0, 0.05) is 11.3 Å². The summed E-state index contributed by atoms with van der Waals surface area (Å²) >= 11 is 0. The normalized spacial score (nSPS) is 10.4. The molecule has 0 aromatic heterocycles. The van der Waals surface area contributed by atoms with Gasteiger partial charge < -0.3 is 10.6 Å². The minimum atomic E-state index is -0.0459. The van der Waals surface area contributed by atoms with E-state index < -0.39 is 0 Å². The van der Waals surface area contributed by atoms with Crippen LogP contribution in [-0.4, -0.2) is 19.5 Å². The third-order valence-corrected chi connectivity index (χ3v) is 3.55. The van der Waals surface area contributed by atoms with Crippen molar-refractivity contribution in [1.29, 1.82) is 0 Å². The molecule has 0 bridgehead atoms. The Balaban J connectivity index is 2.22. The van der Waals surface area contributed by atoms with Crippen LogP contribution < -0.4 is 10.6 Å². The largest absolute Gasteiger partial charge is 0.322 e. The Morgan fingerprint density at radius 1 is 1.10 bits per heavy atom. The zero-order valence-corrected chi connectivity index (χ0v) is 12.9. The number of likely N-dealkylation sites (N-methyl/N-ethyl adjacent to an activating group) is 1. The fourth-order valence-corrected chi connectivity index (χ4v) is 2.28. The van der Waals surface area contributed by atoms with E-state index in [9.17, 15) is 4.79 Å². The van der Waals surface area contributed by atoms with Crippen LogP contribution in [0.1, 0.15) is 27.0 Å². The molecule has 1 amide bonds. The van der Waals surface area contributed by atoms with E-state index in [-0.39, 0.29) is 5.91 Å². The van der Waals surface area contributed by atoms with Crippen LogP contribution in [0.15, 0.2) is 42.5 Å². The maximum atomic E-state index is 12.5. The van der Waals surface area contributed by atoms with Gasteiger partial charge in [0.15, 0.2) is 0 Å². The molecule has 0 fully saturated rings. The van der Waals surface area contributed by atoms with E-state index in [2.05, 4.69) is 10.6 Å². The van der Waals surface area contributed by atoms with Gasteiger partial charge in [-0.3, -0.25) is 4.79 Å². The van der Waals surface area contributed by atoms with Gasteiger partial charge in [-0.2, -0.15) is 0 Å². The van der Waals surface area contributed by atoms with Gasteiger partial charge in [-0.15, -0.1) is 0 Å². The minimum Gasteiger partial charge on any atom is -0.322 e. The molecule has 3 heteroatoms. The van der Waals surface area contributed by atoms with Crippen molar-refractivity contribution in [2.75, 3.05) is 18.9 Å². The van der Waals surface area contributed by atoms with Crippen molar-refractivity contribution >= 4 is 11.6 Å². The van der Waals surface area contributed by atoms with Crippen LogP contribution in [0.25, 0.3) is 0 Å². The lowest BCUT2D eigenvalue weighted by molar-refractivity contribution is 0.102. The smallest absolute Gasteiger partial charge is 0.255 e. The average Bonchev–Trinajstić information content (AvgIpc) is 2.49. The van der Waals surface area contributed by atoms with E-state index >= 15 is 0 Å². The van der Waals surface area contributed by atoms with Crippen molar-refractivity contribution in [1.82, 2.24) is 5.32 Å². The van der Waals surface area contributed by atoms with Crippen molar-refractivity contribution in [3.8, 4) is 0 Å². The van der Waals surface area contributed by atoms with Gasteiger partial charge in [-0.05, 0) is 62.7 Å². The highest BCUT2D eigenvalue weighted by Crippen LogP contribution is 2.18. The summed E-state index contributed by atoms with van der Waals surface area (Å²) in [6.07, 6.45) is 0.840. The molecule has 3 nitrogen and oxygen atoms in total. The van der Waals surface area contributed by atoms with Gasteiger partial charge in [0.05, 0.1) is 0 Å². The quantitative estimate of drug-likeness (QED) is 0.883. The maximum Gasteiger partial charge on any atom is 0.255 e. The van der Waals surface area contributed by atoms with Crippen molar-refractivity contribution in [2.24, 2.45) is 0 Å². The SMILES string of the molecule is CNCCc1ccccc1C(=O)Nc1cc(C)ccc1C. The molecule has 0 aliphatic carbocycles. The zero-order valence-electron chi connectivity index (χ0n) is 12.9. The van der Waals surface area contributed by atoms with Gasteiger partial charge in [-0.1, -0.05) is 30.3 Å². The van der Waals surface area contributed by atoms with E-state index in [0.29, 0.717) is 0 Å². The Hall–Kier alpha value is -2.13. The predicted molar refractivity (Wildman–Crippen MR) is 87.9 cm³/mol. The van der Waals surface area contributed by atoms with Crippen LogP contribution in [0.4, 0.5) is 5.69 Å². The number of hydrogen-bond donors (Lipinski definition) is 2. The highest BCUT2D eigenvalue weighted by atomic mass is 16.1. The molecule has 0 unspecified atom stereocenters. The average molecular weight is 282 g/mol. The number of carbonyl (C=O) groups is 1. The molecule has 0 spiro atoms. The second-order valence-corrected chi connectivity index (χ2v) is 5.28. The third kappa shape index (κ3) is 3.92. The Morgan fingerprint density at radius 3 is 2.62 bits per heavy atom. The van der Waals surface area contributed by atoms with E-state index in [4.69, 9.17) is 0 Å². The summed E-state index contributed by atoms with van der Waals surface area (Å²) in [6.45, 7) is 4.88. The molecule has 0 radical (unpaired) electrons. The molecule has 2 aromatic carbocycles. The molecule has 0 atom stereocenters. The standard InChI is InChI=1S/C18H22N2O/c1-13-8-9-14(2)17(12-13)20-18(21)16-7-5-4-6-15(16)10-11-19-3/h4-9,12,19H,10-11H2,1-3H3,(H,20,21). The molecule has 110 valence electrons. The second kappa shape index (κ2) is 7.04. The zero-order chi connectivity index (χ0) is 15.2. The first-order valence-corrected chi connectivity index (χ1v) is 7.23.